The zero-order valence-electron chi connectivity index (χ0n) is 16.4. The lowest BCUT2D eigenvalue weighted by Crippen LogP contribution is -2.28. The standard InChI is InChI=1S/C20H26O6/c1-9-13-10-14(17(22)25-19(3,4)5)16(15(11-13)24-12(2)21)18(23)26-20(6,7)8/h9-11H,1H2,2-8H3. The molecule has 6 heteroatoms. The Kier molecular flexibility index (Phi) is 6.36. The maximum absolute atomic E-state index is 12.7. The predicted molar refractivity (Wildman–Crippen MR) is 98.2 cm³/mol. The summed E-state index contributed by atoms with van der Waals surface area (Å²) in [6, 6.07) is 2.90. The van der Waals surface area contributed by atoms with Gasteiger partial charge in [-0.15, -0.1) is 0 Å². The first-order valence-corrected chi connectivity index (χ1v) is 8.19. The molecule has 6 nitrogen and oxygen atoms in total. The van der Waals surface area contributed by atoms with Gasteiger partial charge >= 0.3 is 17.9 Å². The van der Waals surface area contributed by atoms with Gasteiger partial charge < -0.3 is 14.2 Å². The summed E-state index contributed by atoms with van der Waals surface area (Å²) >= 11 is 0. The van der Waals surface area contributed by atoms with Crippen molar-refractivity contribution in [3.63, 3.8) is 0 Å². The average molecular weight is 362 g/mol. The zero-order valence-corrected chi connectivity index (χ0v) is 16.4. The van der Waals surface area contributed by atoms with Crippen molar-refractivity contribution in [2.24, 2.45) is 0 Å². The van der Waals surface area contributed by atoms with E-state index in [9.17, 15) is 14.4 Å². The van der Waals surface area contributed by atoms with Crippen LogP contribution in [0.25, 0.3) is 6.08 Å². The van der Waals surface area contributed by atoms with Gasteiger partial charge in [-0.2, -0.15) is 0 Å². The van der Waals surface area contributed by atoms with Crippen LogP contribution in [0.5, 0.6) is 5.75 Å². The molecule has 0 saturated heterocycles. The number of esters is 3. The molecule has 1 aromatic carbocycles. The van der Waals surface area contributed by atoms with E-state index in [-0.39, 0.29) is 16.9 Å². The van der Waals surface area contributed by atoms with Crippen molar-refractivity contribution in [3.8, 4) is 5.75 Å². The Morgan fingerprint density at radius 1 is 0.923 bits per heavy atom. The number of ether oxygens (including phenoxy) is 3. The van der Waals surface area contributed by atoms with Crippen LogP contribution < -0.4 is 4.74 Å². The Morgan fingerprint density at radius 3 is 1.85 bits per heavy atom. The van der Waals surface area contributed by atoms with Crippen LogP contribution in [0.4, 0.5) is 0 Å². The van der Waals surface area contributed by atoms with Gasteiger partial charge in [0, 0.05) is 6.92 Å². The second kappa shape index (κ2) is 7.72. The summed E-state index contributed by atoms with van der Waals surface area (Å²) in [7, 11) is 0. The van der Waals surface area contributed by atoms with E-state index in [1.807, 2.05) is 0 Å². The maximum atomic E-state index is 12.7. The van der Waals surface area contributed by atoms with Crippen LogP contribution in [0, 0.1) is 0 Å². The molecule has 26 heavy (non-hydrogen) atoms. The number of benzene rings is 1. The monoisotopic (exact) mass is 362 g/mol. The van der Waals surface area contributed by atoms with Crippen LogP contribution in [0.1, 0.15) is 74.7 Å². The van der Waals surface area contributed by atoms with Crippen molar-refractivity contribution in [1.82, 2.24) is 0 Å². The Labute approximate surface area is 154 Å². The highest BCUT2D eigenvalue weighted by Crippen LogP contribution is 2.30. The number of hydrogen-bond donors (Lipinski definition) is 0. The summed E-state index contributed by atoms with van der Waals surface area (Å²) in [6.07, 6.45) is 1.47. The van der Waals surface area contributed by atoms with E-state index < -0.39 is 29.1 Å². The lowest BCUT2D eigenvalue weighted by molar-refractivity contribution is -0.131. The molecule has 0 fully saturated rings. The van der Waals surface area contributed by atoms with E-state index >= 15 is 0 Å². The molecule has 0 amide bonds. The second-order valence-corrected chi connectivity index (χ2v) is 7.74. The number of carbonyl (C=O) groups is 3. The minimum Gasteiger partial charge on any atom is -0.456 e. The maximum Gasteiger partial charge on any atom is 0.343 e. The van der Waals surface area contributed by atoms with Crippen molar-refractivity contribution >= 4 is 24.0 Å². The van der Waals surface area contributed by atoms with E-state index in [4.69, 9.17) is 14.2 Å². The summed E-state index contributed by atoms with van der Waals surface area (Å²) in [5.74, 6) is -2.23. The molecule has 142 valence electrons. The van der Waals surface area contributed by atoms with Gasteiger partial charge in [0.25, 0.3) is 0 Å². The van der Waals surface area contributed by atoms with E-state index in [2.05, 4.69) is 6.58 Å². The summed E-state index contributed by atoms with van der Waals surface area (Å²) < 4.78 is 15.9. The summed E-state index contributed by atoms with van der Waals surface area (Å²) in [5.41, 5.74) is -1.28. The largest absolute Gasteiger partial charge is 0.456 e. The van der Waals surface area contributed by atoms with Gasteiger partial charge in [-0.1, -0.05) is 12.7 Å². The molecule has 1 aromatic rings. The van der Waals surface area contributed by atoms with E-state index in [1.54, 1.807) is 41.5 Å². The van der Waals surface area contributed by atoms with Crippen LogP contribution in [0.2, 0.25) is 0 Å². The van der Waals surface area contributed by atoms with Gasteiger partial charge in [-0.3, -0.25) is 4.79 Å². The third-order valence-corrected chi connectivity index (χ3v) is 2.84. The van der Waals surface area contributed by atoms with Gasteiger partial charge in [-0.05, 0) is 59.2 Å². The fourth-order valence-electron chi connectivity index (χ4n) is 2.02. The van der Waals surface area contributed by atoms with E-state index in [0.717, 1.165) is 0 Å². The normalized spacial score (nSPS) is 11.5. The Morgan fingerprint density at radius 2 is 1.42 bits per heavy atom. The highest BCUT2D eigenvalue weighted by Gasteiger charge is 2.30. The Bertz CT molecular complexity index is 732. The summed E-state index contributed by atoms with van der Waals surface area (Å²) in [6.45, 7) is 15.1. The topological polar surface area (TPSA) is 78.9 Å². The van der Waals surface area contributed by atoms with Crippen molar-refractivity contribution in [1.29, 1.82) is 0 Å². The average Bonchev–Trinajstić information content (AvgIpc) is 2.41. The number of carbonyl (C=O) groups excluding carboxylic acids is 3. The van der Waals surface area contributed by atoms with Crippen molar-refractivity contribution in [2.45, 2.75) is 59.7 Å². The van der Waals surface area contributed by atoms with E-state index in [1.165, 1.54) is 25.1 Å². The van der Waals surface area contributed by atoms with Gasteiger partial charge in [-0.25, -0.2) is 9.59 Å². The molecule has 0 atom stereocenters. The molecule has 1 rings (SSSR count). The van der Waals surface area contributed by atoms with Gasteiger partial charge in [0.15, 0.2) is 0 Å². The van der Waals surface area contributed by atoms with Crippen molar-refractivity contribution in [2.75, 3.05) is 0 Å². The van der Waals surface area contributed by atoms with Gasteiger partial charge in [0.2, 0.25) is 0 Å². The van der Waals surface area contributed by atoms with Crippen molar-refractivity contribution in [3.05, 3.63) is 35.4 Å². The number of rotatable bonds is 4. The van der Waals surface area contributed by atoms with E-state index in [0.29, 0.717) is 5.56 Å². The second-order valence-electron chi connectivity index (χ2n) is 7.74. The fraction of sp³-hybridized carbons (Fsp3) is 0.450. The molecular weight excluding hydrogens is 336 g/mol. The Balaban J connectivity index is 3.62. The summed E-state index contributed by atoms with van der Waals surface area (Å²) in [4.78, 5) is 36.8. The molecule has 0 unspecified atom stereocenters. The molecule has 0 heterocycles. The highest BCUT2D eigenvalue weighted by atomic mass is 16.6. The van der Waals surface area contributed by atoms with Crippen LogP contribution >= 0.6 is 0 Å². The van der Waals surface area contributed by atoms with Crippen LogP contribution in [0.3, 0.4) is 0 Å². The quantitative estimate of drug-likeness (QED) is 0.591. The van der Waals surface area contributed by atoms with Crippen molar-refractivity contribution < 1.29 is 28.6 Å². The first-order valence-electron chi connectivity index (χ1n) is 8.19. The molecule has 0 aromatic heterocycles. The minimum atomic E-state index is -0.799. The highest BCUT2D eigenvalue weighted by molar-refractivity contribution is 6.06. The van der Waals surface area contributed by atoms with Crippen LogP contribution in [-0.2, 0) is 14.3 Å². The van der Waals surface area contributed by atoms with Crippen LogP contribution in [0.15, 0.2) is 18.7 Å². The first kappa shape index (κ1) is 21.4. The third kappa shape index (κ3) is 6.35. The predicted octanol–water partition coefficient (Wildman–Crippen LogP) is 4.17. The molecule has 0 saturated carbocycles. The lowest BCUT2D eigenvalue weighted by Gasteiger charge is -2.23. The first-order chi connectivity index (χ1) is 11.7. The lowest BCUT2D eigenvalue weighted by atomic mass is 10.0. The molecule has 0 spiro atoms. The third-order valence-electron chi connectivity index (χ3n) is 2.84. The molecule has 0 N–H and O–H groups in total. The minimum absolute atomic E-state index is 0.0529. The van der Waals surface area contributed by atoms with Crippen LogP contribution in [-0.4, -0.2) is 29.1 Å². The Hall–Kier alpha value is -2.63. The van der Waals surface area contributed by atoms with Gasteiger partial charge in [0.05, 0.1) is 5.56 Å². The molecule has 0 radical (unpaired) electrons. The van der Waals surface area contributed by atoms with Gasteiger partial charge in [0.1, 0.15) is 22.5 Å². The fourth-order valence-corrected chi connectivity index (χ4v) is 2.02. The molecule has 0 aliphatic carbocycles. The zero-order chi connectivity index (χ0) is 20.3. The smallest absolute Gasteiger partial charge is 0.343 e. The summed E-state index contributed by atoms with van der Waals surface area (Å²) in [5, 5.41) is 0. The molecule has 0 aliphatic rings. The number of hydrogen-bond acceptors (Lipinski definition) is 6. The molecular formula is C20H26O6. The SMILES string of the molecule is C=Cc1cc(OC(C)=O)c(C(=O)OC(C)(C)C)c(C(=O)OC(C)(C)C)c1. The molecule has 0 aliphatic heterocycles. The molecule has 0 bridgehead atoms.